The SMILES string of the molecule is C=CCOC(=O)NCCCCCCCCCCCCCCCCO[Si](C)(C)C(C)(C)C. The molecule has 0 saturated heterocycles. The molecule has 0 unspecified atom stereocenters. The average molecular weight is 456 g/mol. The molecule has 1 amide bonds. The fourth-order valence-corrected chi connectivity index (χ4v) is 4.36. The van der Waals surface area contributed by atoms with Gasteiger partial charge in [-0.05, 0) is 31.0 Å². The number of nitrogens with one attached hydrogen (secondary N) is 1. The van der Waals surface area contributed by atoms with E-state index in [0.29, 0.717) is 11.6 Å². The number of rotatable bonds is 20. The van der Waals surface area contributed by atoms with Crippen molar-refractivity contribution in [3.05, 3.63) is 12.7 Å². The molecule has 184 valence electrons. The lowest BCUT2D eigenvalue weighted by atomic mass is 10.0. The molecule has 0 atom stereocenters. The number of unbranched alkanes of at least 4 members (excludes halogenated alkanes) is 13. The minimum atomic E-state index is -1.54. The average Bonchev–Trinajstić information content (AvgIpc) is 2.70. The molecular formula is C26H53NO3Si. The Bertz CT molecular complexity index is 446. The van der Waals surface area contributed by atoms with Crippen molar-refractivity contribution in [2.75, 3.05) is 19.8 Å². The normalized spacial score (nSPS) is 12.0. The van der Waals surface area contributed by atoms with E-state index in [1.807, 2.05) is 0 Å². The van der Waals surface area contributed by atoms with E-state index < -0.39 is 8.32 Å². The zero-order valence-corrected chi connectivity index (χ0v) is 22.5. The van der Waals surface area contributed by atoms with Gasteiger partial charge in [-0.3, -0.25) is 0 Å². The minimum Gasteiger partial charge on any atom is -0.445 e. The topological polar surface area (TPSA) is 47.6 Å². The Kier molecular flexibility index (Phi) is 18.2. The predicted molar refractivity (Wildman–Crippen MR) is 137 cm³/mol. The summed E-state index contributed by atoms with van der Waals surface area (Å²) in [7, 11) is -1.54. The Morgan fingerprint density at radius 2 is 1.23 bits per heavy atom. The largest absolute Gasteiger partial charge is 0.445 e. The lowest BCUT2D eigenvalue weighted by Gasteiger charge is -2.36. The van der Waals surface area contributed by atoms with Crippen LogP contribution in [0.2, 0.25) is 18.1 Å². The second kappa shape index (κ2) is 18.7. The van der Waals surface area contributed by atoms with Crippen molar-refractivity contribution in [2.45, 2.75) is 129 Å². The highest BCUT2D eigenvalue weighted by atomic mass is 28.4. The fraction of sp³-hybridized carbons (Fsp3) is 0.885. The highest BCUT2D eigenvalue weighted by Gasteiger charge is 2.36. The molecule has 0 aliphatic heterocycles. The molecule has 0 radical (unpaired) electrons. The molecular weight excluding hydrogens is 402 g/mol. The van der Waals surface area contributed by atoms with Crippen molar-refractivity contribution in [2.24, 2.45) is 0 Å². The van der Waals surface area contributed by atoms with Crippen LogP contribution in [0.3, 0.4) is 0 Å². The predicted octanol–water partition coefficient (Wildman–Crippen LogP) is 8.38. The molecule has 0 aromatic carbocycles. The van der Waals surface area contributed by atoms with E-state index in [2.05, 4.69) is 45.8 Å². The summed E-state index contributed by atoms with van der Waals surface area (Å²) in [4.78, 5) is 11.2. The van der Waals surface area contributed by atoms with E-state index in [4.69, 9.17) is 9.16 Å². The van der Waals surface area contributed by atoms with Gasteiger partial charge in [0.15, 0.2) is 8.32 Å². The van der Waals surface area contributed by atoms with Gasteiger partial charge >= 0.3 is 6.09 Å². The zero-order chi connectivity index (χ0) is 23.4. The standard InChI is InChI=1S/C26H53NO3Si/c1-7-23-29-25(28)27-22-20-18-16-14-12-10-8-9-11-13-15-17-19-21-24-30-31(5,6)26(2,3)4/h7H,1,8-24H2,2-6H3,(H,27,28). The molecule has 0 fully saturated rings. The first-order valence-electron chi connectivity index (χ1n) is 12.9. The molecule has 0 rings (SSSR count). The van der Waals surface area contributed by atoms with Crippen LogP contribution in [-0.4, -0.2) is 34.2 Å². The number of carbonyl (C=O) groups is 1. The van der Waals surface area contributed by atoms with Crippen LogP contribution in [0.5, 0.6) is 0 Å². The van der Waals surface area contributed by atoms with Crippen LogP contribution in [0.1, 0.15) is 111 Å². The van der Waals surface area contributed by atoms with Crippen molar-refractivity contribution in [1.29, 1.82) is 0 Å². The molecule has 1 N–H and O–H groups in total. The van der Waals surface area contributed by atoms with Crippen molar-refractivity contribution >= 4 is 14.4 Å². The van der Waals surface area contributed by atoms with Gasteiger partial charge in [0.25, 0.3) is 0 Å². The smallest absolute Gasteiger partial charge is 0.407 e. The molecule has 0 saturated carbocycles. The highest BCUT2D eigenvalue weighted by Crippen LogP contribution is 2.36. The molecule has 0 heterocycles. The van der Waals surface area contributed by atoms with Crippen LogP contribution >= 0.6 is 0 Å². The molecule has 0 aromatic rings. The Balaban J connectivity index is 3.24. The van der Waals surface area contributed by atoms with Crippen molar-refractivity contribution in [3.8, 4) is 0 Å². The van der Waals surface area contributed by atoms with E-state index in [1.54, 1.807) is 6.08 Å². The van der Waals surface area contributed by atoms with Crippen LogP contribution in [0, 0.1) is 0 Å². The maximum Gasteiger partial charge on any atom is 0.407 e. The first kappa shape index (κ1) is 30.2. The third-order valence-corrected chi connectivity index (χ3v) is 11.0. The van der Waals surface area contributed by atoms with E-state index in [9.17, 15) is 4.79 Å². The van der Waals surface area contributed by atoms with Crippen LogP contribution < -0.4 is 5.32 Å². The van der Waals surface area contributed by atoms with Crippen LogP contribution in [-0.2, 0) is 9.16 Å². The maximum absolute atomic E-state index is 11.2. The summed E-state index contributed by atoms with van der Waals surface area (Å²) in [5.74, 6) is 0. The second-order valence-corrected chi connectivity index (χ2v) is 15.2. The summed E-state index contributed by atoms with van der Waals surface area (Å²) in [6.07, 6.45) is 19.6. The highest BCUT2D eigenvalue weighted by molar-refractivity contribution is 6.74. The van der Waals surface area contributed by atoms with Gasteiger partial charge in [0.2, 0.25) is 0 Å². The Morgan fingerprint density at radius 3 is 1.65 bits per heavy atom. The molecule has 0 bridgehead atoms. The lowest BCUT2D eigenvalue weighted by Crippen LogP contribution is -2.40. The number of alkyl carbamates (subject to hydrolysis) is 1. The van der Waals surface area contributed by atoms with E-state index in [0.717, 1.165) is 13.0 Å². The molecule has 5 heteroatoms. The van der Waals surface area contributed by atoms with Crippen molar-refractivity contribution in [1.82, 2.24) is 5.32 Å². The summed E-state index contributed by atoms with van der Waals surface area (Å²) < 4.78 is 11.1. The molecule has 4 nitrogen and oxygen atoms in total. The van der Waals surface area contributed by atoms with E-state index >= 15 is 0 Å². The van der Waals surface area contributed by atoms with Crippen LogP contribution in [0.4, 0.5) is 4.79 Å². The van der Waals surface area contributed by atoms with E-state index in [1.165, 1.54) is 83.5 Å². The summed E-state index contributed by atoms with van der Waals surface area (Å²) in [5, 5.41) is 3.09. The Morgan fingerprint density at radius 1 is 0.806 bits per heavy atom. The molecule has 0 spiro atoms. The molecule has 31 heavy (non-hydrogen) atoms. The fourth-order valence-electron chi connectivity index (χ4n) is 3.27. The van der Waals surface area contributed by atoms with Gasteiger partial charge in [0.05, 0.1) is 0 Å². The number of hydrogen-bond donors (Lipinski definition) is 1. The monoisotopic (exact) mass is 455 g/mol. The van der Waals surface area contributed by atoms with Gasteiger partial charge in [-0.15, -0.1) is 0 Å². The summed E-state index contributed by atoms with van der Waals surface area (Å²) >= 11 is 0. The number of amides is 1. The Labute approximate surface area is 195 Å². The third-order valence-electron chi connectivity index (χ3n) is 6.44. The lowest BCUT2D eigenvalue weighted by molar-refractivity contribution is 0.158. The minimum absolute atomic E-state index is 0.277. The molecule has 0 aliphatic rings. The van der Waals surface area contributed by atoms with Gasteiger partial charge < -0.3 is 14.5 Å². The van der Waals surface area contributed by atoms with Gasteiger partial charge in [0, 0.05) is 13.2 Å². The van der Waals surface area contributed by atoms with Gasteiger partial charge in [-0.2, -0.15) is 0 Å². The van der Waals surface area contributed by atoms with Crippen molar-refractivity contribution in [3.63, 3.8) is 0 Å². The summed E-state index contributed by atoms with van der Waals surface area (Å²) in [6, 6.07) is 0. The molecule has 0 aromatic heterocycles. The second-order valence-electron chi connectivity index (χ2n) is 10.4. The van der Waals surface area contributed by atoms with Crippen LogP contribution in [0.15, 0.2) is 12.7 Å². The van der Waals surface area contributed by atoms with E-state index in [-0.39, 0.29) is 12.7 Å². The number of hydrogen-bond acceptors (Lipinski definition) is 3. The number of carbonyl (C=O) groups excluding carboxylic acids is 1. The van der Waals surface area contributed by atoms with Gasteiger partial charge in [-0.1, -0.05) is 110 Å². The zero-order valence-electron chi connectivity index (χ0n) is 21.5. The quantitative estimate of drug-likeness (QED) is 0.114. The van der Waals surface area contributed by atoms with Crippen molar-refractivity contribution < 1.29 is 14.0 Å². The first-order valence-corrected chi connectivity index (χ1v) is 15.8. The van der Waals surface area contributed by atoms with Crippen LogP contribution in [0.25, 0.3) is 0 Å². The Hall–Kier alpha value is -0.813. The third kappa shape index (κ3) is 18.5. The van der Waals surface area contributed by atoms with Gasteiger partial charge in [-0.25, -0.2) is 4.79 Å². The molecule has 0 aliphatic carbocycles. The first-order chi connectivity index (χ1) is 14.7. The van der Waals surface area contributed by atoms with Gasteiger partial charge in [0.1, 0.15) is 6.61 Å². The maximum atomic E-state index is 11.2. The summed E-state index contributed by atoms with van der Waals surface area (Å²) in [6.45, 7) is 17.1. The number of ether oxygens (including phenoxy) is 1. The summed E-state index contributed by atoms with van der Waals surface area (Å²) in [5.41, 5.74) is 0.